The van der Waals surface area contributed by atoms with Crippen LogP contribution in [0.1, 0.15) is 57.1 Å². The van der Waals surface area contributed by atoms with Crippen molar-refractivity contribution in [3.8, 4) is 0 Å². The Hall–Kier alpha value is -0.860. The van der Waals surface area contributed by atoms with E-state index in [1.54, 1.807) is 7.11 Å². The van der Waals surface area contributed by atoms with Gasteiger partial charge in [0.15, 0.2) is 0 Å². The van der Waals surface area contributed by atoms with Crippen LogP contribution < -0.4 is 5.32 Å². The van der Waals surface area contributed by atoms with E-state index in [-0.39, 0.29) is 0 Å². The van der Waals surface area contributed by atoms with E-state index in [1.165, 1.54) is 43.2 Å². The second-order valence-corrected chi connectivity index (χ2v) is 6.87. The molecule has 2 nitrogen and oxygen atoms in total. The highest BCUT2D eigenvalue weighted by atomic mass is 16.5. The number of hydrogen-bond donors (Lipinski definition) is 1. The fraction of sp³-hybridized carbons (Fsp3) is 0.667. The molecule has 1 saturated carbocycles. The molecule has 1 fully saturated rings. The zero-order chi connectivity index (χ0) is 14.4. The van der Waals surface area contributed by atoms with E-state index in [4.69, 9.17) is 4.74 Å². The van der Waals surface area contributed by atoms with Crippen molar-refractivity contribution < 1.29 is 4.74 Å². The van der Waals surface area contributed by atoms with Crippen LogP contribution in [0, 0.1) is 5.41 Å². The minimum Gasteiger partial charge on any atom is -0.380 e. The molecule has 2 rings (SSSR count). The van der Waals surface area contributed by atoms with Gasteiger partial charge in [0.05, 0.1) is 6.61 Å². The standard InChI is InChI=1S/C18H29NO/c1-18(2)11-6-9-17(10-12-18)19-13-15-7-4-5-8-16(15)14-20-3/h4-5,7-8,17,19H,6,9-14H2,1-3H3. The Bertz CT molecular complexity index is 414. The predicted molar refractivity (Wildman–Crippen MR) is 84.6 cm³/mol. The maximum atomic E-state index is 5.28. The smallest absolute Gasteiger partial charge is 0.0716 e. The van der Waals surface area contributed by atoms with Gasteiger partial charge in [-0.15, -0.1) is 0 Å². The molecule has 0 spiro atoms. The summed E-state index contributed by atoms with van der Waals surface area (Å²) in [5, 5.41) is 3.76. The summed E-state index contributed by atoms with van der Waals surface area (Å²) in [6, 6.07) is 9.25. The van der Waals surface area contributed by atoms with Gasteiger partial charge in [0, 0.05) is 19.7 Å². The molecule has 0 amide bonds. The maximum absolute atomic E-state index is 5.28. The second kappa shape index (κ2) is 7.24. The first-order valence-corrected chi connectivity index (χ1v) is 7.90. The summed E-state index contributed by atoms with van der Waals surface area (Å²) in [4.78, 5) is 0. The van der Waals surface area contributed by atoms with Crippen LogP contribution in [0.25, 0.3) is 0 Å². The van der Waals surface area contributed by atoms with E-state index < -0.39 is 0 Å². The highest BCUT2D eigenvalue weighted by Gasteiger charge is 2.23. The predicted octanol–water partition coefficient (Wildman–Crippen LogP) is 4.28. The molecule has 112 valence electrons. The molecule has 0 aromatic heterocycles. The zero-order valence-electron chi connectivity index (χ0n) is 13.2. The van der Waals surface area contributed by atoms with Gasteiger partial charge in [-0.05, 0) is 42.2 Å². The molecular formula is C18H29NO. The topological polar surface area (TPSA) is 21.3 Å². The fourth-order valence-corrected chi connectivity index (χ4v) is 3.15. The first kappa shape index (κ1) is 15.5. The largest absolute Gasteiger partial charge is 0.380 e. The lowest BCUT2D eigenvalue weighted by molar-refractivity contribution is 0.184. The molecule has 0 aliphatic heterocycles. The molecule has 1 aromatic rings. The molecule has 0 heterocycles. The average molecular weight is 275 g/mol. The van der Waals surface area contributed by atoms with Crippen molar-refractivity contribution in [3.05, 3.63) is 35.4 Å². The van der Waals surface area contributed by atoms with Crippen LogP contribution >= 0.6 is 0 Å². The van der Waals surface area contributed by atoms with Crippen LogP contribution in [0.3, 0.4) is 0 Å². The van der Waals surface area contributed by atoms with Crippen molar-refractivity contribution in [2.24, 2.45) is 5.41 Å². The van der Waals surface area contributed by atoms with Gasteiger partial charge in [-0.1, -0.05) is 44.5 Å². The molecule has 1 N–H and O–H groups in total. The lowest BCUT2D eigenvalue weighted by Gasteiger charge is -2.22. The Morgan fingerprint density at radius 3 is 2.65 bits per heavy atom. The Balaban J connectivity index is 1.89. The summed E-state index contributed by atoms with van der Waals surface area (Å²) in [6.07, 6.45) is 6.68. The third kappa shape index (κ3) is 4.60. The quantitative estimate of drug-likeness (QED) is 0.810. The summed E-state index contributed by atoms with van der Waals surface area (Å²) in [7, 11) is 1.76. The summed E-state index contributed by atoms with van der Waals surface area (Å²) in [5.74, 6) is 0. The molecule has 20 heavy (non-hydrogen) atoms. The van der Waals surface area contributed by atoms with Crippen molar-refractivity contribution in [1.29, 1.82) is 0 Å². The summed E-state index contributed by atoms with van der Waals surface area (Å²) >= 11 is 0. The van der Waals surface area contributed by atoms with Gasteiger partial charge in [-0.3, -0.25) is 0 Å². The van der Waals surface area contributed by atoms with Crippen molar-refractivity contribution >= 4 is 0 Å². The SMILES string of the molecule is COCc1ccccc1CNC1CCCC(C)(C)CC1. The highest BCUT2D eigenvalue weighted by molar-refractivity contribution is 5.26. The number of methoxy groups -OCH3 is 1. The number of hydrogen-bond acceptors (Lipinski definition) is 2. The third-order valence-electron chi connectivity index (χ3n) is 4.58. The minimum atomic E-state index is 0.532. The maximum Gasteiger partial charge on any atom is 0.0716 e. The second-order valence-electron chi connectivity index (χ2n) is 6.87. The van der Waals surface area contributed by atoms with E-state index >= 15 is 0 Å². The third-order valence-corrected chi connectivity index (χ3v) is 4.58. The number of nitrogens with one attached hydrogen (secondary N) is 1. The van der Waals surface area contributed by atoms with E-state index in [9.17, 15) is 0 Å². The van der Waals surface area contributed by atoms with Crippen molar-refractivity contribution in [2.45, 2.75) is 65.1 Å². The van der Waals surface area contributed by atoms with Gasteiger partial charge in [-0.25, -0.2) is 0 Å². The van der Waals surface area contributed by atoms with Crippen LogP contribution in [0.2, 0.25) is 0 Å². The van der Waals surface area contributed by atoms with Crippen LogP contribution in [0.5, 0.6) is 0 Å². The molecule has 0 saturated heterocycles. The molecule has 0 bridgehead atoms. The Kier molecular flexibility index (Phi) is 5.62. The Morgan fingerprint density at radius 2 is 1.90 bits per heavy atom. The van der Waals surface area contributed by atoms with Gasteiger partial charge in [0.1, 0.15) is 0 Å². The molecule has 1 aromatic carbocycles. The molecule has 1 atom stereocenters. The van der Waals surface area contributed by atoms with Crippen molar-refractivity contribution in [2.75, 3.05) is 7.11 Å². The van der Waals surface area contributed by atoms with Crippen molar-refractivity contribution in [3.63, 3.8) is 0 Å². The normalized spacial score (nSPS) is 22.4. The van der Waals surface area contributed by atoms with Crippen LogP contribution in [0.4, 0.5) is 0 Å². The first-order chi connectivity index (χ1) is 9.61. The van der Waals surface area contributed by atoms with Gasteiger partial charge in [-0.2, -0.15) is 0 Å². The summed E-state index contributed by atoms with van der Waals surface area (Å²) in [6.45, 7) is 6.48. The van der Waals surface area contributed by atoms with Gasteiger partial charge >= 0.3 is 0 Å². The van der Waals surface area contributed by atoms with Gasteiger partial charge in [0.2, 0.25) is 0 Å². The number of rotatable bonds is 5. The number of ether oxygens (including phenoxy) is 1. The lowest BCUT2D eigenvalue weighted by atomic mass is 9.85. The van der Waals surface area contributed by atoms with E-state index in [1.807, 2.05) is 0 Å². The highest BCUT2D eigenvalue weighted by Crippen LogP contribution is 2.33. The summed E-state index contributed by atoms with van der Waals surface area (Å²) in [5.41, 5.74) is 3.21. The van der Waals surface area contributed by atoms with Gasteiger partial charge < -0.3 is 10.1 Å². The van der Waals surface area contributed by atoms with Crippen LogP contribution in [-0.4, -0.2) is 13.2 Å². The Labute approximate surface area is 123 Å². The Morgan fingerprint density at radius 1 is 1.15 bits per heavy atom. The monoisotopic (exact) mass is 275 g/mol. The molecule has 2 heteroatoms. The minimum absolute atomic E-state index is 0.532. The number of benzene rings is 1. The zero-order valence-corrected chi connectivity index (χ0v) is 13.2. The first-order valence-electron chi connectivity index (χ1n) is 7.90. The lowest BCUT2D eigenvalue weighted by Crippen LogP contribution is -2.28. The fourth-order valence-electron chi connectivity index (χ4n) is 3.15. The van der Waals surface area contributed by atoms with Crippen LogP contribution in [0.15, 0.2) is 24.3 Å². The molecule has 1 aliphatic rings. The molecular weight excluding hydrogens is 246 g/mol. The average Bonchev–Trinajstić information content (AvgIpc) is 2.59. The molecule has 1 aliphatic carbocycles. The van der Waals surface area contributed by atoms with Crippen molar-refractivity contribution in [1.82, 2.24) is 5.32 Å². The van der Waals surface area contributed by atoms with E-state index in [2.05, 4.69) is 43.4 Å². The summed E-state index contributed by atoms with van der Waals surface area (Å²) < 4.78 is 5.28. The molecule has 0 radical (unpaired) electrons. The van der Waals surface area contributed by atoms with Crippen LogP contribution in [-0.2, 0) is 17.9 Å². The molecule has 1 unspecified atom stereocenters. The van der Waals surface area contributed by atoms with E-state index in [0.717, 1.165) is 6.54 Å². The van der Waals surface area contributed by atoms with Gasteiger partial charge in [0.25, 0.3) is 0 Å². The van der Waals surface area contributed by atoms with E-state index in [0.29, 0.717) is 18.1 Å².